The first-order chi connectivity index (χ1) is 3.29. The quantitative estimate of drug-likeness (QED) is 0.501. The van der Waals surface area contributed by atoms with E-state index in [1.54, 1.807) is 0 Å². The van der Waals surface area contributed by atoms with Crippen LogP contribution in [0.25, 0.3) is 0 Å². The molecule has 0 amide bonds. The van der Waals surface area contributed by atoms with Crippen molar-refractivity contribution in [3.63, 3.8) is 0 Å². The largest absolute Gasteiger partial charge is 0.400 e. The Hall–Kier alpha value is -0.640. The molecule has 0 radical (unpaired) electrons. The summed E-state index contributed by atoms with van der Waals surface area (Å²) >= 11 is 4.58. The lowest BCUT2D eigenvalue weighted by Gasteiger charge is -1.55. The summed E-state index contributed by atoms with van der Waals surface area (Å²) in [5.41, 5.74) is 0. The van der Waals surface area contributed by atoms with Gasteiger partial charge in [0.1, 0.15) is 0 Å². The van der Waals surface area contributed by atoms with Crippen LogP contribution in [0, 0.1) is 11.8 Å². The predicted molar refractivity (Wildman–Crippen MR) is 25.2 cm³/mol. The minimum absolute atomic E-state index is 0.387. The van der Waals surface area contributed by atoms with Gasteiger partial charge in [0.25, 0.3) is 5.82 Å². The molecule has 1 rings (SSSR count). The Morgan fingerprint density at radius 2 is 2.57 bits per heavy atom. The Bertz CT molecular complexity index is 201. The second kappa shape index (κ2) is 1.46. The van der Waals surface area contributed by atoms with Crippen LogP contribution in [-0.4, -0.2) is 5.16 Å². The van der Waals surface area contributed by atoms with Gasteiger partial charge in [-0.2, -0.15) is 4.98 Å². The van der Waals surface area contributed by atoms with Crippen LogP contribution < -0.4 is 4.98 Å². The molecule has 3 nitrogen and oxygen atoms in total. The molecule has 0 aliphatic rings. The molecule has 4 heteroatoms. The molecule has 0 spiro atoms. The van der Waals surface area contributed by atoms with Crippen LogP contribution in [0.4, 0.5) is 0 Å². The van der Waals surface area contributed by atoms with Crippen molar-refractivity contribution in [2.75, 3.05) is 0 Å². The summed E-state index contributed by atoms with van der Waals surface area (Å²) in [6, 6.07) is 0. The van der Waals surface area contributed by atoms with Crippen molar-refractivity contribution in [3.05, 3.63) is 10.7 Å². The van der Waals surface area contributed by atoms with Gasteiger partial charge >= 0.3 is 4.84 Å². The number of aromatic nitrogens is 2. The maximum Gasteiger partial charge on any atom is 0.400 e. The third kappa shape index (κ3) is 0.866. The van der Waals surface area contributed by atoms with Crippen molar-refractivity contribution in [2.24, 2.45) is 0 Å². The van der Waals surface area contributed by atoms with Gasteiger partial charge in [-0.3, -0.25) is 0 Å². The van der Waals surface area contributed by atoms with E-state index in [1.165, 1.54) is 0 Å². The second-order valence-electron chi connectivity index (χ2n) is 1.24. The predicted octanol–water partition coefficient (Wildman–Crippen LogP) is 0.460. The zero-order valence-electron chi connectivity index (χ0n) is 3.82. The average molecular weight is 117 g/mol. The SMILES string of the molecule is Cc1[nH]oc(=S)[nH+]1. The lowest BCUT2D eigenvalue weighted by Crippen LogP contribution is -2.00. The van der Waals surface area contributed by atoms with E-state index in [0.717, 1.165) is 5.82 Å². The molecule has 2 N–H and O–H groups in total. The van der Waals surface area contributed by atoms with Crippen molar-refractivity contribution in [1.29, 1.82) is 0 Å². The van der Waals surface area contributed by atoms with Crippen LogP contribution in [0.15, 0.2) is 4.52 Å². The summed E-state index contributed by atoms with van der Waals surface area (Å²) < 4.78 is 4.60. The molecule has 1 aromatic rings. The highest BCUT2D eigenvalue weighted by molar-refractivity contribution is 7.71. The van der Waals surface area contributed by atoms with E-state index in [9.17, 15) is 0 Å². The number of hydrogen-bond donors (Lipinski definition) is 1. The Labute approximate surface area is 45.3 Å². The Morgan fingerprint density at radius 1 is 1.86 bits per heavy atom. The molecular formula is C3H5N2OS+. The van der Waals surface area contributed by atoms with E-state index >= 15 is 0 Å². The summed E-state index contributed by atoms with van der Waals surface area (Å²) in [5, 5.41) is 2.53. The van der Waals surface area contributed by atoms with Crippen LogP contribution >= 0.6 is 12.2 Å². The van der Waals surface area contributed by atoms with Crippen molar-refractivity contribution in [2.45, 2.75) is 6.92 Å². The van der Waals surface area contributed by atoms with Gasteiger partial charge in [-0.25, -0.2) is 4.52 Å². The molecule has 0 aromatic carbocycles. The fourth-order valence-corrected chi connectivity index (χ4v) is 0.522. The Balaban J connectivity index is 3.30. The Kier molecular flexibility index (Phi) is 0.941. The summed E-state index contributed by atoms with van der Waals surface area (Å²) in [6.45, 7) is 1.83. The Morgan fingerprint density at radius 3 is 2.71 bits per heavy atom. The number of hydrogen-bond acceptors (Lipinski definition) is 2. The fourth-order valence-electron chi connectivity index (χ4n) is 0.327. The van der Waals surface area contributed by atoms with Gasteiger partial charge < -0.3 is 0 Å². The minimum Gasteiger partial charge on any atom is -0.247 e. The first kappa shape index (κ1) is 4.52. The van der Waals surface area contributed by atoms with Crippen molar-refractivity contribution < 1.29 is 9.51 Å². The first-order valence-corrected chi connectivity index (χ1v) is 2.27. The summed E-state index contributed by atoms with van der Waals surface area (Å²) in [7, 11) is 0. The van der Waals surface area contributed by atoms with Crippen molar-refractivity contribution in [3.8, 4) is 0 Å². The monoisotopic (exact) mass is 117 g/mol. The molecular weight excluding hydrogens is 112 g/mol. The topological polar surface area (TPSA) is 43.1 Å². The molecule has 0 saturated heterocycles. The second-order valence-corrected chi connectivity index (χ2v) is 1.61. The third-order valence-electron chi connectivity index (χ3n) is 0.586. The van der Waals surface area contributed by atoms with Gasteiger partial charge in [0.15, 0.2) is 0 Å². The zero-order valence-corrected chi connectivity index (χ0v) is 4.63. The lowest BCUT2D eigenvalue weighted by molar-refractivity contribution is -0.402. The van der Waals surface area contributed by atoms with Crippen LogP contribution in [0.1, 0.15) is 5.82 Å². The number of H-pyrrole nitrogens is 2. The molecule has 0 saturated carbocycles. The molecule has 38 valence electrons. The van der Waals surface area contributed by atoms with Gasteiger partial charge in [0.2, 0.25) is 0 Å². The first-order valence-electron chi connectivity index (χ1n) is 1.86. The molecule has 1 aromatic heterocycles. The van der Waals surface area contributed by atoms with Gasteiger partial charge in [-0.1, -0.05) is 5.16 Å². The maximum atomic E-state index is 4.60. The average Bonchev–Trinajstić information content (AvgIpc) is 1.87. The van der Waals surface area contributed by atoms with E-state index in [-0.39, 0.29) is 0 Å². The van der Waals surface area contributed by atoms with Crippen LogP contribution in [0.3, 0.4) is 0 Å². The smallest absolute Gasteiger partial charge is 0.247 e. The summed E-state index contributed by atoms with van der Waals surface area (Å²) in [6.07, 6.45) is 0. The third-order valence-corrected chi connectivity index (χ3v) is 0.772. The van der Waals surface area contributed by atoms with Crippen LogP contribution in [-0.2, 0) is 0 Å². The molecule has 0 aliphatic carbocycles. The van der Waals surface area contributed by atoms with E-state index in [0.29, 0.717) is 4.84 Å². The molecule has 0 aliphatic heterocycles. The number of aryl methyl sites for hydroxylation is 1. The molecule has 7 heavy (non-hydrogen) atoms. The lowest BCUT2D eigenvalue weighted by atomic mass is 10.8. The van der Waals surface area contributed by atoms with Gasteiger partial charge in [0.05, 0.1) is 0 Å². The molecule has 0 fully saturated rings. The number of rotatable bonds is 0. The highest BCUT2D eigenvalue weighted by Gasteiger charge is 1.92. The van der Waals surface area contributed by atoms with E-state index < -0.39 is 0 Å². The molecule has 0 bridgehead atoms. The van der Waals surface area contributed by atoms with E-state index in [2.05, 4.69) is 26.9 Å². The van der Waals surface area contributed by atoms with Gasteiger partial charge in [-0.05, 0) is 0 Å². The molecule has 0 unspecified atom stereocenters. The number of aromatic amines is 2. The number of nitrogens with one attached hydrogen (secondary N) is 2. The summed E-state index contributed by atoms with van der Waals surface area (Å²) in [4.78, 5) is 3.12. The van der Waals surface area contributed by atoms with E-state index in [1.807, 2.05) is 6.92 Å². The van der Waals surface area contributed by atoms with Crippen molar-refractivity contribution in [1.82, 2.24) is 5.16 Å². The zero-order chi connectivity index (χ0) is 5.28. The highest BCUT2D eigenvalue weighted by Crippen LogP contribution is 1.76. The fraction of sp³-hybridized carbons (Fsp3) is 0.333. The molecule has 0 atom stereocenters. The minimum atomic E-state index is 0.387. The highest BCUT2D eigenvalue weighted by atomic mass is 32.1. The van der Waals surface area contributed by atoms with Crippen LogP contribution in [0.5, 0.6) is 0 Å². The van der Waals surface area contributed by atoms with Crippen LogP contribution in [0.2, 0.25) is 0 Å². The van der Waals surface area contributed by atoms with Crippen molar-refractivity contribution >= 4 is 12.2 Å². The molecule has 1 heterocycles. The van der Waals surface area contributed by atoms with E-state index in [4.69, 9.17) is 0 Å². The standard InChI is InChI=1S/C3H4N2OS/c1-2-4-3(7)6-5-2/h1H3,(H,4,5,7)/p+1. The maximum absolute atomic E-state index is 4.60. The normalized spacial score (nSPS) is 9.29. The van der Waals surface area contributed by atoms with Gasteiger partial charge in [0, 0.05) is 19.1 Å². The summed E-state index contributed by atoms with van der Waals surface area (Å²) in [5.74, 6) is 0.838. The van der Waals surface area contributed by atoms with Gasteiger partial charge in [-0.15, -0.1) is 0 Å².